The minimum absolute atomic E-state index is 0.0153. The molecule has 0 radical (unpaired) electrons. The summed E-state index contributed by atoms with van der Waals surface area (Å²) < 4.78 is 0. The van der Waals surface area contributed by atoms with Crippen molar-refractivity contribution >= 4 is 48.2 Å². The molecule has 0 unspecified atom stereocenters. The Hall–Kier alpha value is -4.34. The van der Waals surface area contributed by atoms with Gasteiger partial charge in [0.2, 0.25) is 30.0 Å². The summed E-state index contributed by atoms with van der Waals surface area (Å²) in [6.07, 6.45) is 6.02. The predicted molar refractivity (Wildman–Crippen MR) is 164 cm³/mol. The topological polar surface area (TPSA) is 133 Å². The smallest absolute Gasteiger partial charge is 0.230 e. The summed E-state index contributed by atoms with van der Waals surface area (Å²) in [6, 6.07) is 15.3. The average molecular weight is 591 g/mol. The van der Waals surface area contributed by atoms with Crippen molar-refractivity contribution in [2.24, 2.45) is 10.8 Å². The molecule has 2 aromatic carbocycles. The van der Waals surface area contributed by atoms with Crippen LogP contribution in [0.2, 0.25) is 0 Å². The maximum atomic E-state index is 13.3. The molecule has 2 N–H and O–H groups in total. The minimum atomic E-state index is -0.443. The van der Waals surface area contributed by atoms with Gasteiger partial charge in [-0.1, -0.05) is 24.3 Å². The third-order valence-corrected chi connectivity index (χ3v) is 9.09. The Kier molecular flexibility index (Phi) is 11.3. The Morgan fingerprint density at radius 2 is 1.26 bits per heavy atom. The Morgan fingerprint density at radius 1 is 0.767 bits per heavy atom. The Labute approximate surface area is 253 Å². The number of carbonyl (C=O) groups is 6. The fourth-order valence-electron chi connectivity index (χ4n) is 6.00. The number of rotatable bonds is 11. The number of nitrogens with one attached hydrogen (secondary N) is 2. The molecule has 10 nitrogen and oxygen atoms in total. The number of benzene rings is 2. The molecule has 0 aromatic heterocycles. The molecule has 230 valence electrons. The van der Waals surface area contributed by atoms with E-state index in [4.69, 9.17) is 4.79 Å². The molecule has 0 heterocycles. The summed E-state index contributed by atoms with van der Waals surface area (Å²) in [5.41, 5.74) is 2.78. The van der Waals surface area contributed by atoms with E-state index in [2.05, 4.69) is 10.6 Å². The van der Waals surface area contributed by atoms with Gasteiger partial charge in [-0.3, -0.25) is 28.9 Å². The van der Waals surface area contributed by atoms with Crippen molar-refractivity contribution in [2.75, 3.05) is 30.4 Å². The average Bonchev–Trinajstić information content (AvgIpc) is 3.03. The standard InChI is InChI=1S/C32H40N4O5.CH2O/c1-23(38)35(3)28-10-6-25(7-11-28)12-20-33-29(40)31-14-17-32(18-15-31,19-16-31)30(41)34-27-8-4-26(5-9-27)13-21-36(22-37)24(2)39;1-2/h4-11,22H,12-21H2,1-3H3,(H,33,40)(H,34,41);1H2. The van der Waals surface area contributed by atoms with Gasteiger partial charge in [0.1, 0.15) is 6.79 Å². The number of anilines is 2. The number of amides is 5. The molecule has 3 aliphatic carbocycles. The Balaban J connectivity index is 0.00000248. The fourth-order valence-corrected chi connectivity index (χ4v) is 6.00. The first-order valence-corrected chi connectivity index (χ1v) is 14.6. The number of imide groups is 1. The number of hydrogen-bond acceptors (Lipinski definition) is 6. The van der Waals surface area contributed by atoms with E-state index in [-0.39, 0.29) is 23.6 Å². The molecule has 0 saturated heterocycles. The lowest BCUT2D eigenvalue weighted by molar-refractivity contribution is -0.147. The fraction of sp³-hybridized carbons (Fsp3) is 0.455. The van der Waals surface area contributed by atoms with Crippen LogP contribution in [0.15, 0.2) is 48.5 Å². The molecule has 3 aliphatic rings. The van der Waals surface area contributed by atoms with Crippen LogP contribution in [-0.2, 0) is 41.6 Å². The van der Waals surface area contributed by atoms with Gasteiger partial charge in [-0.25, -0.2) is 0 Å². The highest BCUT2D eigenvalue weighted by atomic mass is 16.2. The Morgan fingerprint density at radius 3 is 1.74 bits per heavy atom. The van der Waals surface area contributed by atoms with E-state index in [0.29, 0.717) is 76.6 Å². The first-order chi connectivity index (χ1) is 20.6. The molecule has 0 aliphatic heterocycles. The molecule has 43 heavy (non-hydrogen) atoms. The number of hydrogen-bond donors (Lipinski definition) is 2. The molecule has 5 rings (SSSR count). The van der Waals surface area contributed by atoms with Gasteiger partial charge in [0, 0.05) is 56.2 Å². The normalized spacial score (nSPS) is 20.2. The van der Waals surface area contributed by atoms with Crippen LogP contribution >= 0.6 is 0 Å². The quantitative estimate of drug-likeness (QED) is 0.384. The van der Waals surface area contributed by atoms with Crippen LogP contribution in [0.1, 0.15) is 63.5 Å². The van der Waals surface area contributed by atoms with E-state index < -0.39 is 10.8 Å². The van der Waals surface area contributed by atoms with Crippen LogP contribution in [0.25, 0.3) is 0 Å². The Bertz CT molecular complexity index is 1280. The molecule has 2 bridgehead atoms. The van der Waals surface area contributed by atoms with E-state index in [1.807, 2.05) is 55.3 Å². The lowest BCUT2D eigenvalue weighted by Gasteiger charge is -2.51. The van der Waals surface area contributed by atoms with Crippen LogP contribution < -0.4 is 15.5 Å². The number of carbonyl (C=O) groups excluding carboxylic acids is 6. The molecule has 3 fully saturated rings. The van der Waals surface area contributed by atoms with Crippen molar-refractivity contribution in [3.8, 4) is 0 Å². The highest BCUT2D eigenvalue weighted by Crippen LogP contribution is 2.57. The van der Waals surface area contributed by atoms with Gasteiger partial charge in [0.25, 0.3) is 0 Å². The SMILES string of the molecule is C=O.CC(=O)N(C=O)CCc1ccc(NC(=O)C23CCC(C(=O)NCCc4ccc(N(C)C(C)=O)cc4)(CC2)CC3)cc1. The van der Waals surface area contributed by atoms with Gasteiger partial charge in [-0.15, -0.1) is 0 Å². The number of fused-ring (bicyclic) bond motifs is 3. The molecule has 3 saturated carbocycles. The monoisotopic (exact) mass is 590 g/mol. The van der Waals surface area contributed by atoms with Crippen LogP contribution in [0.5, 0.6) is 0 Å². The third kappa shape index (κ3) is 7.94. The van der Waals surface area contributed by atoms with Crippen molar-refractivity contribution in [3.63, 3.8) is 0 Å². The van der Waals surface area contributed by atoms with Crippen LogP contribution in [0.4, 0.5) is 11.4 Å². The lowest BCUT2D eigenvalue weighted by Crippen LogP contribution is -2.53. The molecular formula is C33H42N4O6. The molecule has 5 amide bonds. The molecule has 2 aromatic rings. The zero-order chi connectivity index (χ0) is 31.6. The van der Waals surface area contributed by atoms with Gasteiger partial charge in [0.05, 0.1) is 0 Å². The van der Waals surface area contributed by atoms with Crippen molar-refractivity contribution in [3.05, 3.63) is 59.7 Å². The third-order valence-electron chi connectivity index (χ3n) is 9.09. The second-order valence-corrected chi connectivity index (χ2v) is 11.5. The summed E-state index contributed by atoms with van der Waals surface area (Å²) in [4.78, 5) is 71.2. The van der Waals surface area contributed by atoms with Crippen LogP contribution in [0.3, 0.4) is 0 Å². The van der Waals surface area contributed by atoms with Gasteiger partial charge in [-0.05, 0) is 86.8 Å². The van der Waals surface area contributed by atoms with Crippen molar-refractivity contribution in [2.45, 2.75) is 65.2 Å². The minimum Gasteiger partial charge on any atom is -0.355 e. The van der Waals surface area contributed by atoms with Gasteiger partial charge in [-0.2, -0.15) is 0 Å². The highest BCUT2D eigenvalue weighted by Gasteiger charge is 2.55. The molecule has 10 heteroatoms. The van der Waals surface area contributed by atoms with Gasteiger partial charge < -0.3 is 20.3 Å². The summed E-state index contributed by atoms with van der Waals surface area (Å²) in [6.45, 7) is 5.75. The summed E-state index contributed by atoms with van der Waals surface area (Å²) in [5.74, 6) is -0.201. The second-order valence-electron chi connectivity index (χ2n) is 11.5. The maximum Gasteiger partial charge on any atom is 0.230 e. The first kappa shape index (κ1) is 33.2. The van der Waals surface area contributed by atoms with Crippen LogP contribution in [-0.4, -0.2) is 61.9 Å². The second kappa shape index (κ2) is 14.7. The zero-order valence-corrected chi connectivity index (χ0v) is 25.3. The molecule has 0 spiro atoms. The van der Waals surface area contributed by atoms with Crippen molar-refractivity contribution in [1.29, 1.82) is 0 Å². The summed E-state index contributed by atoms with van der Waals surface area (Å²) in [7, 11) is 1.74. The largest absolute Gasteiger partial charge is 0.355 e. The zero-order valence-electron chi connectivity index (χ0n) is 25.3. The molecular weight excluding hydrogens is 548 g/mol. The van der Waals surface area contributed by atoms with Crippen molar-refractivity contribution < 1.29 is 28.8 Å². The summed E-state index contributed by atoms with van der Waals surface area (Å²) >= 11 is 0. The van der Waals surface area contributed by atoms with Gasteiger partial charge in [0.15, 0.2) is 0 Å². The predicted octanol–water partition coefficient (Wildman–Crippen LogP) is 3.67. The highest BCUT2D eigenvalue weighted by molar-refractivity contribution is 5.96. The molecule has 0 atom stereocenters. The van der Waals surface area contributed by atoms with E-state index in [1.165, 1.54) is 13.8 Å². The summed E-state index contributed by atoms with van der Waals surface area (Å²) in [5, 5.41) is 6.22. The van der Waals surface area contributed by atoms with Gasteiger partial charge >= 0.3 is 0 Å². The lowest BCUT2D eigenvalue weighted by atomic mass is 9.53. The van der Waals surface area contributed by atoms with E-state index in [0.717, 1.165) is 21.7 Å². The number of nitrogens with zero attached hydrogens (tertiary/aromatic N) is 2. The first-order valence-electron chi connectivity index (χ1n) is 14.6. The van der Waals surface area contributed by atoms with E-state index in [9.17, 15) is 24.0 Å². The van der Waals surface area contributed by atoms with Crippen LogP contribution in [0, 0.1) is 10.8 Å². The van der Waals surface area contributed by atoms with E-state index >= 15 is 0 Å². The van der Waals surface area contributed by atoms with Crippen molar-refractivity contribution in [1.82, 2.24) is 10.2 Å². The van der Waals surface area contributed by atoms with E-state index in [1.54, 1.807) is 11.9 Å². The maximum absolute atomic E-state index is 13.3.